The molecule has 0 radical (unpaired) electrons. The first-order valence-electron chi connectivity index (χ1n) is 7.80. The first-order valence-corrected chi connectivity index (χ1v) is 7.80. The normalized spacial score (nSPS) is 43.4. The number of carbonyl (C=O) groups excluding carboxylic acids is 1. The van der Waals surface area contributed by atoms with Crippen LogP contribution in [-0.2, 0) is 9.53 Å². The Balaban J connectivity index is 1.68. The van der Waals surface area contributed by atoms with E-state index in [1.807, 2.05) is 0 Å². The molecule has 3 aliphatic rings. The fraction of sp³-hybridized carbons (Fsp3) is 0.824. The lowest BCUT2D eigenvalue weighted by atomic mass is 9.70. The van der Waals surface area contributed by atoms with E-state index in [0.717, 1.165) is 31.6 Å². The smallest absolute Gasteiger partial charge is 0.309 e. The quantitative estimate of drug-likeness (QED) is 0.553. The van der Waals surface area contributed by atoms with Crippen LogP contribution < -0.4 is 0 Å². The second-order valence-corrected chi connectivity index (χ2v) is 7.52. The Hall–Kier alpha value is -0.790. The number of rotatable bonds is 2. The van der Waals surface area contributed by atoms with Gasteiger partial charge in [-0.2, -0.15) is 0 Å². The van der Waals surface area contributed by atoms with Gasteiger partial charge < -0.3 is 4.74 Å². The summed E-state index contributed by atoms with van der Waals surface area (Å²) in [5, 5.41) is 0. The fourth-order valence-electron chi connectivity index (χ4n) is 4.55. The third-order valence-corrected chi connectivity index (χ3v) is 6.57. The van der Waals surface area contributed by atoms with Crippen LogP contribution in [0, 0.1) is 22.7 Å². The monoisotopic (exact) mass is 262 g/mol. The summed E-state index contributed by atoms with van der Waals surface area (Å²) in [5.41, 5.74) is 0.516. The molecule has 106 valence electrons. The molecule has 0 aliphatic heterocycles. The lowest BCUT2D eigenvalue weighted by molar-refractivity contribution is -0.162. The van der Waals surface area contributed by atoms with Gasteiger partial charge in [0.1, 0.15) is 6.10 Å². The van der Waals surface area contributed by atoms with Crippen molar-refractivity contribution in [3.8, 4) is 0 Å². The highest BCUT2D eigenvalue weighted by Gasteiger charge is 2.62. The molecule has 0 saturated heterocycles. The van der Waals surface area contributed by atoms with E-state index >= 15 is 0 Å². The minimum atomic E-state index is 0.0546. The van der Waals surface area contributed by atoms with E-state index in [2.05, 4.69) is 32.9 Å². The van der Waals surface area contributed by atoms with Gasteiger partial charge in [-0.05, 0) is 49.9 Å². The Bertz CT molecular complexity index is 409. The predicted molar refractivity (Wildman–Crippen MR) is 75.6 cm³/mol. The summed E-state index contributed by atoms with van der Waals surface area (Å²) in [6.07, 6.45) is 10.9. The number of esters is 1. The van der Waals surface area contributed by atoms with Gasteiger partial charge >= 0.3 is 5.97 Å². The molecule has 4 unspecified atom stereocenters. The summed E-state index contributed by atoms with van der Waals surface area (Å²) in [6, 6.07) is 0. The van der Waals surface area contributed by atoms with Gasteiger partial charge in [-0.25, -0.2) is 0 Å². The van der Waals surface area contributed by atoms with E-state index in [9.17, 15) is 4.79 Å². The topological polar surface area (TPSA) is 26.3 Å². The molecule has 0 spiro atoms. The molecule has 2 saturated carbocycles. The van der Waals surface area contributed by atoms with Crippen molar-refractivity contribution in [1.82, 2.24) is 0 Å². The molecule has 0 aromatic rings. The zero-order valence-electron chi connectivity index (χ0n) is 12.4. The standard InChI is InChI=1S/C17H26O2/c1-16(2)13-9-10-17(16,3)14(11-13)19-15(18)12-7-5-4-6-8-12/h4-5,12-14H,6-11H2,1-3H3. The maximum absolute atomic E-state index is 12.3. The van der Waals surface area contributed by atoms with E-state index < -0.39 is 0 Å². The van der Waals surface area contributed by atoms with Gasteiger partial charge in [0.25, 0.3) is 0 Å². The molecule has 2 fully saturated rings. The summed E-state index contributed by atoms with van der Waals surface area (Å²) in [6.45, 7) is 7.06. The largest absolute Gasteiger partial charge is 0.462 e. The van der Waals surface area contributed by atoms with Crippen LogP contribution in [0.1, 0.15) is 59.3 Å². The Morgan fingerprint density at radius 1 is 1.21 bits per heavy atom. The number of ether oxygens (including phenoxy) is 1. The fourth-order valence-corrected chi connectivity index (χ4v) is 4.55. The third kappa shape index (κ3) is 1.86. The lowest BCUT2D eigenvalue weighted by Crippen LogP contribution is -2.39. The summed E-state index contributed by atoms with van der Waals surface area (Å²) < 4.78 is 5.95. The van der Waals surface area contributed by atoms with Crippen molar-refractivity contribution in [3.05, 3.63) is 12.2 Å². The van der Waals surface area contributed by atoms with Crippen LogP contribution >= 0.6 is 0 Å². The Labute approximate surface area is 116 Å². The number of carbonyl (C=O) groups is 1. The molecule has 2 bridgehead atoms. The van der Waals surface area contributed by atoms with Crippen LogP contribution in [0.4, 0.5) is 0 Å². The van der Waals surface area contributed by atoms with Gasteiger partial charge in [0.15, 0.2) is 0 Å². The van der Waals surface area contributed by atoms with E-state index in [4.69, 9.17) is 4.74 Å². The molecule has 0 N–H and O–H groups in total. The summed E-state index contributed by atoms with van der Waals surface area (Å²) in [5.74, 6) is 0.899. The lowest BCUT2D eigenvalue weighted by Gasteiger charge is -2.38. The van der Waals surface area contributed by atoms with E-state index in [0.29, 0.717) is 5.41 Å². The third-order valence-electron chi connectivity index (χ3n) is 6.57. The molecule has 4 atom stereocenters. The van der Waals surface area contributed by atoms with Crippen LogP contribution in [0.3, 0.4) is 0 Å². The van der Waals surface area contributed by atoms with Crippen LogP contribution in [0.2, 0.25) is 0 Å². The molecule has 0 heterocycles. The van der Waals surface area contributed by atoms with Crippen molar-refractivity contribution < 1.29 is 9.53 Å². The molecule has 19 heavy (non-hydrogen) atoms. The Morgan fingerprint density at radius 2 is 2.00 bits per heavy atom. The zero-order valence-corrected chi connectivity index (χ0v) is 12.4. The first-order chi connectivity index (χ1) is 8.95. The Morgan fingerprint density at radius 3 is 2.53 bits per heavy atom. The van der Waals surface area contributed by atoms with Gasteiger partial charge in [-0.15, -0.1) is 0 Å². The zero-order chi connectivity index (χ0) is 13.7. The highest BCUT2D eigenvalue weighted by molar-refractivity contribution is 5.73. The SMILES string of the molecule is CC1(C)C2CCC1(C)C(OC(=O)C1CC=CCC1)C2. The molecule has 3 aliphatic carbocycles. The van der Waals surface area contributed by atoms with E-state index in [-0.39, 0.29) is 23.4 Å². The van der Waals surface area contributed by atoms with Gasteiger partial charge in [-0.1, -0.05) is 32.9 Å². The average Bonchev–Trinajstić information content (AvgIpc) is 2.73. The maximum atomic E-state index is 12.3. The summed E-state index contributed by atoms with van der Waals surface area (Å²) >= 11 is 0. The van der Waals surface area contributed by atoms with E-state index in [1.54, 1.807) is 0 Å². The van der Waals surface area contributed by atoms with Crippen molar-refractivity contribution in [2.75, 3.05) is 0 Å². The van der Waals surface area contributed by atoms with Crippen molar-refractivity contribution >= 4 is 5.97 Å². The number of hydrogen-bond donors (Lipinski definition) is 0. The van der Waals surface area contributed by atoms with Crippen molar-refractivity contribution in [2.24, 2.45) is 22.7 Å². The van der Waals surface area contributed by atoms with Gasteiger partial charge in [0.2, 0.25) is 0 Å². The molecular weight excluding hydrogens is 236 g/mol. The second kappa shape index (κ2) is 4.36. The van der Waals surface area contributed by atoms with Crippen LogP contribution in [0.15, 0.2) is 12.2 Å². The molecule has 3 rings (SSSR count). The number of allylic oxidation sites excluding steroid dienone is 2. The second-order valence-electron chi connectivity index (χ2n) is 7.52. The minimum absolute atomic E-state index is 0.0546. The summed E-state index contributed by atoms with van der Waals surface area (Å²) in [4.78, 5) is 12.3. The van der Waals surface area contributed by atoms with Crippen LogP contribution in [-0.4, -0.2) is 12.1 Å². The van der Waals surface area contributed by atoms with Crippen molar-refractivity contribution in [2.45, 2.75) is 65.4 Å². The maximum Gasteiger partial charge on any atom is 0.309 e. The predicted octanol–water partition coefficient (Wildman–Crippen LogP) is 4.10. The highest BCUT2D eigenvalue weighted by Crippen LogP contribution is 2.66. The van der Waals surface area contributed by atoms with E-state index in [1.165, 1.54) is 12.8 Å². The van der Waals surface area contributed by atoms with Crippen molar-refractivity contribution in [1.29, 1.82) is 0 Å². The molecule has 0 aromatic heterocycles. The Kier molecular flexibility index (Phi) is 3.03. The van der Waals surface area contributed by atoms with Gasteiger partial charge in [0.05, 0.1) is 5.92 Å². The molecule has 2 nitrogen and oxygen atoms in total. The van der Waals surface area contributed by atoms with Crippen molar-refractivity contribution in [3.63, 3.8) is 0 Å². The molecular formula is C17H26O2. The molecule has 0 aromatic carbocycles. The minimum Gasteiger partial charge on any atom is -0.462 e. The number of hydrogen-bond acceptors (Lipinski definition) is 2. The highest BCUT2D eigenvalue weighted by atomic mass is 16.5. The molecule has 0 amide bonds. The first kappa shape index (κ1) is 13.2. The van der Waals surface area contributed by atoms with Gasteiger partial charge in [0, 0.05) is 5.41 Å². The molecule has 2 heteroatoms. The summed E-state index contributed by atoms with van der Waals surface area (Å²) in [7, 11) is 0. The van der Waals surface area contributed by atoms with Crippen LogP contribution in [0.25, 0.3) is 0 Å². The van der Waals surface area contributed by atoms with Gasteiger partial charge in [-0.3, -0.25) is 4.79 Å². The average molecular weight is 262 g/mol. The number of fused-ring (bicyclic) bond motifs is 2. The van der Waals surface area contributed by atoms with Crippen LogP contribution in [0.5, 0.6) is 0 Å².